The molecule has 0 aliphatic rings. The average molecular weight is 290 g/mol. The van der Waals surface area contributed by atoms with E-state index in [2.05, 4.69) is 0 Å². The van der Waals surface area contributed by atoms with Crippen LogP contribution < -0.4 is 4.74 Å². The van der Waals surface area contributed by atoms with Gasteiger partial charge in [0.1, 0.15) is 11.6 Å². The van der Waals surface area contributed by atoms with Crippen LogP contribution >= 0.6 is 11.8 Å². The van der Waals surface area contributed by atoms with Crippen molar-refractivity contribution < 1.29 is 13.9 Å². The summed E-state index contributed by atoms with van der Waals surface area (Å²) in [4.78, 5) is 13.2. The highest BCUT2D eigenvalue weighted by molar-refractivity contribution is 8.00. The zero-order chi connectivity index (χ0) is 14.5. The smallest absolute Gasteiger partial charge is 0.175 e. The number of ketones is 1. The van der Waals surface area contributed by atoms with Crippen LogP contribution in [0.25, 0.3) is 0 Å². The number of carbonyl (C=O) groups excluding carboxylic acids is 1. The van der Waals surface area contributed by atoms with E-state index in [-0.39, 0.29) is 16.9 Å². The van der Waals surface area contributed by atoms with Crippen molar-refractivity contribution in [2.24, 2.45) is 0 Å². The first-order valence-electron chi connectivity index (χ1n) is 6.20. The summed E-state index contributed by atoms with van der Waals surface area (Å²) in [6.07, 6.45) is 0. The number of thioether (sulfide) groups is 1. The second-order valence-corrected chi connectivity index (χ2v) is 5.72. The summed E-state index contributed by atoms with van der Waals surface area (Å²) < 4.78 is 18.0. The third-order valence-corrected chi connectivity index (χ3v) is 3.95. The van der Waals surface area contributed by atoms with Crippen LogP contribution in [0.1, 0.15) is 17.3 Å². The van der Waals surface area contributed by atoms with Gasteiger partial charge in [0.2, 0.25) is 0 Å². The van der Waals surface area contributed by atoms with Gasteiger partial charge >= 0.3 is 0 Å². The molecule has 2 aromatic rings. The van der Waals surface area contributed by atoms with Gasteiger partial charge in [0.05, 0.1) is 12.4 Å². The zero-order valence-corrected chi connectivity index (χ0v) is 12.1. The molecule has 0 fully saturated rings. The first-order valence-corrected chi connectivity index (χ1v) is 7.08. The summed E-state index contributed by atoms with van der Waals surface area (Å²) in [5, 5.41) is -0.243. The minimum Gasteiger partial charge on any atom is -0.497 e. The number of halogens is 1. The first-order chi connectivity index (χ1) is 9.60. The van der Waals surface area contributed by atoms with Crippen LogP contribution in [0.3, 0.4) is 0 Å². The number of Topliss-reactive ketones (excluding diaryl/α,β-unsaturated/α-hetero) is 1. The van der Waals surface area contributed by atoms with Crippen molar-refractivity contribution in [2.45, 2.75) is 17.1 Å². The molecule has 104 valence electrons. The SMILES string of the molecule is COc1cccc(SC(C)C(=O)c2ccc(F)cc2)c1. The molecule has 0 saturated carbocycles. The summed E-state index contributed by atoms with van der Waals surface area (Å²) in [5.41, 5.74) is 0.522. The van der Waals surface area contributed by atoms with Crippen LogP contribution in [0, 0.1) is 5.82 Å². The summed E-state index contributed by atoms with van der Waals surface area (Å²) >= 11 is 1.46. The lowest BCUT2D eigenvalue weighted by Crippen LogP contribution is -2.13. The maximum atomic E-state index is 12.9. The highest BCUT2D eigenvalue weighted by atomic mass is 32.2. The Labute approximate surface area is 122 Å². The molecule has 0 saturated heterocycles. The summed E-state index contributed by atoms with van der Waals surface area (Å²) in [6.45, 7) is 1.84. The third kappa shape index (κ3) is 3.61. The largest absolute Gasteiger partial charge is 0.497 e. The molecule has 0 aliphatic heterocycles. The Hall–Kier alpha value is -1.81. The molecular weight excluding hydrogens is 275 g/mol. The lowest BCUT2D eigenvalue weighted by atomic mass is 10.1. The normalized spacial score (nSPS) is 11.9. The molecule has 4 heteroatoms. The molecule has 0 bridgehead atoms. The Kier molecular flexibility index (Phi) is 4.79. The predicted octanol–water partition coefficient (Wildman–Crippen LogP) is 4.20. The Bertz CT molecular complexity index is 596. The van der Waals surface area contributed by atoms with E-state index < -0.39 is 0 Å². The zero-order valence-electron chi connectivity index (χ0n) is 11.3. The molecule has 0 aliphatic carbocycles. The molecule has 0 amide bonds. The average Bonchev–Trinajstić information content (AvgIpc) is 2.47. The van der Waals surface area contributed by atoms with Gasteiger partial charge < -0.3 is 4.74 Å². The summed E-state index contributed by atoms with van der Waals surface area (Å²) in [5.74, 6) is 0.406. The maximum Gasteiger partial charge on any atom is 0.175 e. The van der Waals surface area contributed by atoms with Gasteiger partial charge in [-0.1, -0.05) is 6.07 Å². The van der Waals surface area contributed by atoms with E-state index in [0.29, 0.717) is 5.56 Å². The van der Waals surface area contributed by atoms with Crippen LogP contribution in [0.5, 0.6) is 5.75 Å². The van der Waals surface area contributed by atoms with Crippen molar-refractivity contribution in [1.82, 2.24) is 0 Å². The Morgan fingerprint density at radius 2 is 1.90 bits per heavy atom. The van der Waals surface area contributed by atoms with E-state index >= 15 is 0 Å². The number of rotatable bonds is 5. The molecule has 1 atom stereocenters. The topological polar surface area (TPSA) is 26.3 Å². The monoisotopic (exact) mass is 290 g/mol. The predicted molar refractivity (Wildman–Crippen MR) is 79.0 cm³/mol. The lowest BCUT2D eigenvalue weighted by Gasteiger charge is -2.11. The molecular formula is C16H15FO2S. The third-order valence-electron chi connectivity index (χ3n) is 2.85. The van der Waals surface area contributed by atoms with Crippen LogP contribution in [-0.2, 0) is 0 Å². The van der Waals surface area contributed by atoms with Crippen LogP contribution in [0.4, 0.5) is 4.39 Å². The number of methoxy groups -OCH3 is 1. The summed E-state index contributed by atoms with van der Waals surface area (Å²) in [7, 11) is 1.61. The highest BCUT2D eigenvalue weighted by Crippen LogP contribution is 2.28. The van der Waals surface area contributed by atoms with E-state index in [1.54, 1.807) is 7.11 Å². The van der Waals surface area contributed by atoms with E-state index in [1.807, 2.05) is 31.2 Å². The van der Waals surface area contributed by atoms with Crippen LogP contribution in [-0.4, -0.2) is 18.1 Å². The fraction of sp³-hybridized carbons (Fsp3) is 0.188. The van der Waals surface area contributed by atoms with Gasteiger partial charge in [-0.25, -0.2) is 4.39 Å². The van der Waals surface area contributed by atoms with Crippen molar-refractivity contribution in [1.29, 1.82) is 0 Å². The van der Waals surface area contributed by atoms with Crippen molar-refractivity contribution >= 4 is 17.5 Å². The maximum absolute atomic E-state index is 12.9. The van der Waals surface area contributed by atoms with Gasteiger partial charge in [-0.15, -0.1) is 11.8 Å². The lowest BCUT2D eigenvalue weighted by molar-refractivity contribution is 0.0994. The Balaban J connectivity index is 2.09. The second kappa shape index (κ2) is 6.57. The van der Waals surface area contributed by atoms with Gasteiger partial charge in [-0.3, -0.25) is 4.79 Å². The first kappa shape index (κ1) is 14.6. The summed E-state index contributed by atoms with van der Waals surface area (Å²) in [6, 6.07) is 13.2. The van der Waals surface area contributed by atoms with E-state index in [0.717, 1.165) is 10.6 Å². The van der Waals surface area contributed by atoms with Crippen molar-refractivity contribution in [3.8, 4) is 5.75 Å². The Morgan fingerprint density at radius 3 is 2.55 bits per heavy atom. The molecule has 20 heavy (non-hydrogen) atoms. The van der Waals surface area contributed by atoms with Gasteiger partial charge in [0.15, 0.2) is 5.78 Å². The van der Waals surface area contributed by atoms with E-state index in [4.69, 9.17) is 4.74 Å². The quantitative estimate of drug-likeness (QED) is 0.610. The second-order valence-electron chi connectivity index (χ2n) is 4.31. The minimum absolute atomic E-state index is 0.0159. The highest BCUT2D eigenvalue weighted by Gasteiger charge is 2.16. The van der Waals surface area contributed by atoms with Gasteiger partial charge in [0, 0.05) is 10.5 Å². The molecule has 2 nitrogen and oxygen atoms in total. The molecule has 2 rings (SSSR count). The molecule has 0 aromatic heterocycles. The molecule has 0 heterocycles. The molecule has 0 N–H and O–H groups in total. The van der Waals surface area contributed by atoms with Crippen LogP contribution in [0.2, 0.25) is 0 Å². The molecule has 0 spiro atoms. The fourth-order valence-electron chi connectivity index (χ4n) is 1.78. The number of benzene rings is 2. The molecule has 2 aromatic carbocycles. The van der Waals surface area contributed by atoms with E-state index in [1.165, 1.54) is 36.0 Å². The van der Waals surface area contributed by atoms with Crippen molar-refractivity contribution in [3.63, 3.8) is 0 Å². The Morgan fingerprint density at radius 1 is 1.20 bits per heavy atom. The fourth-order valence-corrected chi connectivity index (χ4v) is 2.77. The standard InChI is InChI=1S/C16H15FO2S/c1-11(16(18)12-6-8-13(17)9-7-12)20-15-5-3-4-14(10-15)19-2/h3-11H,1-2H3. The number of carbonyl (C=O) groups is 1. The van der Waals surface area contributed by atoms with Gasteiger partial charge in [-0.2, -0.15) is 0 Å². The molecule has 0 radical (unpaired) electrons. The van der Waals surface area contributed by atoms with Crippen LogP contribution in [0.15, 0.2) is 53.4 Å². The number of ether oxygens (including phenoxy) is 1. The number of hydrogen-bond acceptors (Lipinski definition) is 3. The van der Waals surface area contributed by atoms with E-state index in [9.17, 15) is 9.18 Å². The molecule has 1 unspecified atom stereocenters. The van der Waals surface area contributed by atoms with Crippen molar-refractivity contribution in [2.75, 3.05) is 7.11 Å². The minimum atomic E-state index is -0.338. The van der Waals surface area contributed by atoms with Gasteiger partial charge in [-0.05, 0) is 49.4 Å². The van der Waals surface area contributed by atoms with Gasteiger partial charge in [0.25, 0.3) is 0 Å². The van der Waals surface area contributed by atoms with Crippen molar-refractivity contribution in [3.05, 3.63) is 59.9 Å². The number of hydrogen-bond donors (Lipinski definition) is 0.